The zero-order valence-electron chi connectivity index (χ0n) is 23.8. The summed E-state index contributed by atoms with van der Waals surface area (Å²) in [7, 11) is 0. The maximum absolute atomic E-state index is 10.1. The number of hydrogen-bond donors (Lipinski definition) is 5. The van der Waals surface area contributed by atoms with Gasteiger partial charge in [0.2, 0.25) is 0 Å². The molecule has 0 aliphatic heterocycles. The first-order chi connectivity index (χ1) is 14.5. The van der Waals surface area contributed by atoms with Crippen molar-refractivity contribution in [1.82, 2.24) is 0 Å². The van der Waals surface area contributed by atoms with Gasteiger partial charge in [-0.25, -0.2) is 0 Å². The number of hydrogen-bond acceptors (Lipinski definition) is 6. The maximum atomic E-state index is 10.1. The molecule has 0 atom stereocenters. The van der Waals surface area contributed by atoms with Gasteiger partial charge in [-0.1, -0.05) is 12.2 Å². The molecule has 1 rings (SSSR count). The predicted octanol–water partition coefficient (Wildman–Crippen LogP) is 0.550. The summed E-state index contributed by atoms with van der Waals surface area (Å²) in [5, 5.41) is 41.3. The molecule has 0 aromatic rings. The fourth-order valence-corrected chi connectivity index (χ4v) is 0.794. The molecule has 10 heteroatoms. The molecule has 0 spiro atoms. The zero-order chi connectivity index (χ0) is 27.3. The minimum absolute atomic E-state index is 0. The Hall–Kier alpha value is 0.581. The van der Waals surface area contributed by atoms with Crippen LogP contribution in [0.15, 0.2) is 25.3 Å². The SMILES string of the molecule is C=CCC(=O)[O+]=C.C=CCC1(O)CC1.CC(C)O.CC(C)O.CC(C)O.CC(C)O.[Br-].[CH2-]C.[Mg+2].[Ti]. The first kappa shape index (κ1) is 60.2. The number of carbonyl (C=O) groups is 1. The topological polar surface area (TPSA) is 130 Å². The van der Waals surface area contributed by atoms with Crippen LogP contribution in [0.3, 0.4) is 0 Å². The number of aliphatic hydroxyl groups is 5. The summed E-state index contributed by atoms with van der Waals surface area (Å²) in [5.41, 5.74) is -0.318. The number of halogens is 1. The average Bonchev–Trinajstić information content (AvgIpc) is 3.33. The van der Waals surface area contributed by atoms with E-state index in [9.17, 15) is 4.79 Å². The molecule has 0 aromatic heterocycles. The number of aliphatic hydroxyl groups excluding tert-OH is 4. The third-order valence-electron chi connectivity index (χ3n) is 1.82. The first-order valence-electron chi connectivity index (χ1n) is 10.8. The molecule has 0 bridgehead atoms. The molecule has 0 radical (unpaired) electrons. The van der Waals surface area contributed by atoms with Crippen molar-refractivity contribution in [1.29, 1.82) is 0 Å². The van der Waals surface area contributed by atoms with E-state index in [1.165, 1.54) is 6.08 Å². The van der Waals surface area contributed by atoms with Crippen molar-refractivity contribution in [3.05, 3.63) is 32.2 Å². The van der Waals surface area contributed by atoms with Gasteiger partial charge in [0.05, 0.1) is 5.60 Å². The van der Waals surface area contributed by atoms with Gasteiger partial charge >= 0.3 is 29.0 Å². The minimum atomic E-state index is -0.352. The molecule has 208 valence electrons. The van der Waals surface area contributed by atoms with Crippen molar-refractivity contribution in [2.24, 2.45) is 0 Å². The second kappa shape index (κ2) is 47.7. The Kier molecular flexibility index (Phi) is 82.1. The van der Waals surface area contributed by atoms with Gasteiger partial charge in [0, 0.05) is 50.9 Å². The van der Waals surface area contributed by atoms with E-state index < -0.39 is 0 Å². The van der Waals surface area contributed by atoms with Crippen molar-refractivity contribution in [2.75, 3.05) is 0 Å². The largest absolute Gasteiger partial charge is 2.00 e. The van der Waals surface area contributed by atoms with Crippen molar-refractivity contribution >= 4 is 35.8 Å². The average molecular weight is 619 g/mol. The van der Waals surface area contributed by atoms with E-state index in [1.807, 2.05) is 0 Å². The Morgan fingerprint density at radius 2 is 1.09 bits per heavy atom. The van der Waals surface area contributed by atoms with Gasteiger partial charge in [-0.2, -0.15) is 6.92 Å². The number of carbonyl (C=O) groups excluding carboxylic acids is 2. The Morgan fingerprint density at radius 3 is 1.14 bits per heavy atom. The molecule has 1 aliphatic carbocycles. The van der Waals surface area contributed by atoms with E-state index in [0.29, 0.717) is 0 Å². The minimum Gasteiger partial charge on any atom is -1.00 e. The molecule has 0 unspecified atom stereocenters. The van der Waals surface area contributed by atoms with Crippen LogP contribution in [0, 0.1) is 6.92 Å². The van der Waals surface area contributed by atoms with E-state index in [1.54, 1.807) is 68.4 Å². The molecule has 0 saturated heterocycles. The van der Waals surface area contributed by atoms with Crippen molar-refractivity contribution < 1.29 is 73.5 Å². The smallest absolute Gasteiger partial charge is 1.00 e. The summed E-state index contributed by atoms with van der Waals surface area (Å²) >= 11 is 0. The van der Waals surface area contributed by atoms with Crippen molar-refractivity contribution in [2.45, 2.75) is 118 Å². The molecule has 0 heterocycles. The summed E-state index contributed by atoms with van der Waals surface area (Å²) < 4.78 is 4.03. The van der Waals surface area contributed by atoms with Crippen LogP contribution in [0.5, 0.6) is 0 Å². The van der Waals surface area contributed by atoms with Crippen LogP contribution in [0.2, 0.25) is 0 Å². The first-order valence-corrected chi connectivity index (χ1v) is 10.8. The van der Waals surface area contributed by atoms with Gasteiger partial charge in [0.25, 0.3) is 0 Å². The van der Waals surface area contributed by atoms with Crippen LogP contribution < -0.4 is 17.0 Å². The van der Waals surface area contributed by atoms with Crippen LogP contribution in [0.1, 0.15) is 88.0 Å². The van der Waals surface area contributed by atoms with E-state index in [0.717, 1.165) is 19.3 Å². The monoisotopic (exact) mass is 617 g/mol. The molecule has 0 amide bonds. The maximum Gasteiger partial charge on any atom is 2.00 e. The van der Waals surface area contributed by atoms with Gasteiger partial charge in [0.1, 0.15) is 6.42 Å². The predicted molar refractivity (Wildman–Crippen MR) is 142 cm³/mol. The Labute approximate surface area is 258 Å². The van der Waals surface area contributed by atoms with E-state index in [4.69, 9.17) is 25.5 Å². The van der Waals surface area contributed by atoms with E-state index >= 15 is 0 Å². The zero-order valence-corrected chi connectivity index (χ0v) is 28.3. The molecule has 7 nitrogen and oxygen atoms in total. The van der Waals surface area contributed by atoms with Crippen LogP contribution in [0.4, 0.5) is 0 Å². The summed E-state index contributed by atoms with van der Waals surface area (Å²) in [6.45, 7) is 28.5. The summed E-state index contributed by atoms with van der Waals surface area (Å²) in [6, 6.07) is 0. The van der Waals surface area contributed by atoms with Gasteiger partial charge in [0.15, 0.2) is 6.79 Å². The molecule has 1 fully saturated rings. The van der Waals surface area contributed by atoms with Gasteiger partial charge in [-0.05, 0) is 74.7 Å². The third-order valence-corrected chi connectivity index (χ3v) is 1.82. The van der Waals surface area contributed by atoms with E-state index in [2.05, 4.69) is 31.3 Å². The summed E-state index contributed by atoms with van der Waals surface area (Å²) in [6.07, 6.45) is 5.52. The van der Waals surface area contributed by atoms with Gasteiger partial charge in [-0.15, -0.1) is 13.2 Å². The Morgan fingerprint density at radius 1 is 0.857 bits per heavy atom. The Balaban J connectivity index is -0.0000000327. The summed E-state index contributed by atoms with van der Waals surface area (Å²) in [5.74, 6) is -0.352. The second-order valence-corrected chi connectivity index (χ2v) is 7.60. The van der Waals surface area contributed by atoms with Gasteiger partial charge < -0.3 is 49.4 Å². The molecular formula is C25H54BrMgO7Ti+. The normalized spacial score (nSPS) is 10.6. The molecule has 35 heavy (non-hydrogen) atoms. The van der Waals surface area contributed by atoms with Crippen LogP contribution in [0.25, 0.3) is 0 Å². The molecule has 1 aliphatic rings. The third kappa shape index (κ3) is 173. The molecule has 1 saturated carbocycles. The quantitative estimate of drug-likeness (QED) is 0.136. The molecular weight excluding hydrogens is 564 g/mol. The molecule has 0 aromatic carbocycles. The van der Waals surface area contributed by atoms with Crippen LogP contribution >= 0.6 is 0 Å². The Bertz CT molecular complexity index is 370. The second-order valence-electron chi connectivity index (χ2n) is 7.60. The summed E-state index contributed by atoms with van der Waals surface area (Å²) in [4.78, 5) is 10.1. The van der Waals surface area contributed by atoms with E-state index in [-0.39, 0.29) is 104 Å². The van der Waals surface area contributed by atoms with Gasteiger partial charge in [-0.3, -0.25) is 4.42 Å². The van der Waals surface area contributed by atoms with Crippen LogP contribution in [-0.2, 0) is 30.9 Å². The standard InChI is InChI=1S/C6H10O.C5H7O2.4C3H8O.C2H5.BrH.Mg.Ti/c1-2-3-6(7)4-5-6;1-3-4-5(6)7-2;4*1-3(2)4;1-2;;;/h2,7H,1,3-5H2;3H,1-2,4H2;4*3-4H,1-2H3;1H2,2H3;1H;;/q;+1;;;;;-1;;+2;/p-1. The fraction of sp³-hybridized carbons (Fsp3) is 0.720. The molecule has 5 N–H and O–H groups in total. The fourth-order valence-electron chi connectivity index (χ4n) is 0.794. The van der Waals surface area contributed by atoms with Crippen LogP contribution in [-0.4, -0.2) is 91.4 Å². The van der Waals surface area contributed by atoms with Crippen molar-refractivity contribution in [3.63, 3.8) is 0 Å². The number of rotatable bonds is 4. The van der Waals surface area contributed by atoms with Crippen molar-refractivity contribution in [3.8, 4) is 0 Å².